The number of anilines is 1. The number of aryl methyl sites for hydroxylation is 3. The van der Waals surface area contributed by atoms with E-state index in [1.807, 2.05) is 6.20 Å². The highest BCUT2D eigenvalue weighted by Crippen LogP contribution is 2.24. The Bertz CT molecular complexity index is 831. The minimum atomic E-state index is 0.777. The highest BCUT2D eigenvalue weighted by molar-refractivity contribution is 5.63. The molecule has 0 amide bonds. The number of hydrogen-bond acceptors (Lipinski definition) is 2. The van der Waals surface area contributed by atoms with Crippen LogP contribution >= 0.6 is 0 Å². The molecule has 1 N–H and O–H groups in total. The van der Waals surface area contributed by atoms with Gasteiger partial charge in [0.25, 0.3) is 0 Å². The lowest BCUT2D eigenvalue weighted by molar-refractivity contribution is 0.906. The maximum Gasteiger partial charge on any atom is 0.203 e. The Labute approximate surface area is 138 Å². The van der Waals surface area contributed by atoms with Crippen LogP contribution in [0.3, 0.4) is 0 Å². The molecule has 0 fully saturated rings. The van der Waals surface area contributed by atoms with E-state index in [0.717, 1.165) is 18.2 Å². The molecule has 0 saturated heterocycles. The van der Waals surface area contributed by atoms with Crippen molar-refractivity contribution < 1.29 is 0 Å². The summed E-state index contributed by atoms with van der Waals surface area (Å²) < 4.78 is 2.11. The van der Waals surface area contributed by atoms with Gasteiger partial charge >= 0.3 is 0 Å². The van der Waals surface area contributed by atoms with Crippen molar-refractivity contribution in [3.05, 3.63) is 70.9 Å². The van der Waals surface area contributed by atoms with Gasteiger partial charge in [-0.05, 0) is 43.5 Å². The molecule has 1 aromatic heterocycles. The first-order chi connectivity index (χ1) is 11.0. The molecule has 2 aromatic carbocycles. The highest BCUT2D eigenvalue weighted by Gasteiger charge is 2.09. The van der Waals surface area contributed by atoms with Gasteiger partial charge < -0.3 is 9.88 Å². The van der Waals surface area contributed by atoms with E-state index in [1.165, 1.54) is 27.8 Å². The van der Waals surface area contributed by atoms with Gasteiger partial charge in [-0.15, -0.1) is 0 Å². The highest BCUT2D eigenvalue weighted by atomic mass is 15.2. The summed E-state index contributed by atoms with van der Waals surface area (Å²) in [6.45, 7) is 7.17. The topological polar surface area (TPSA) is 29.9 Å². The van der Waals surface area contributed by atoms with Crippen molar-refractivity contribution in [2.75, 3.05) is 5.32 Å². The fourth-order valence-electron chi connectivity index (χ4n) is 2.75. The van der Waals surface area contributed by atoms with Gasteiger partial charge in [0, 0.05) is 19.2 Å². The number of hydrogen-bond donors (Lipinski definition) is 1. The summed E-state index contributed by atoms with van der Waals surface area (Å²) in [5.41, 5.74) is 7.49. The molecule has 3 nitrogen and oxygen atoms in total. The molecule has 3 aromatic rings. The summed E-state index contributed by atoms with van der Waals surface area (Å²) >= 11 is 0. The maximum absolute atomic E-state index is 4.53. The molecular weight excluding hydrogens is 282 g/mol. The van der Waals surface area contributed by atoms with Crippen LogP contribution in [-0.2, 0) is 13.6 Å². The third-order valence-corrected chi connectivity index (χ3v) is 4.32. The van der Waals surface area contributed by atoms with Crippen molar-refractivity contribution in [2.24, 2.45) is 7.05 Å². The van der Waals surface area contributed by atoms with Gasteiger partial charge in [0.15, 0.2) is 0 Å². The van der Waals surface area contributed by atoms with E-state index < -0.39 is 0 Å². The summed E-state index contributed by atoms with van der Waals surface area (Å²) in [7, 11) is 2.05. The second-order valence-electron chi connectivity index (χ2n) is 6.17. The van der Waals surface area contributed by atoms with Crippen molar-refractivity contribution in [1.82, 2.24) is 9.55 Å². The van der Waals surface area contributed by atoms with Gasteiger partial charge in [0.05, 0.1) is 11.9 Å². The summed E-state index contributed by atoms with van der Waals surface area (Å²) in [6.07, 6.45) is 1.93. The quantitative estimate of drug-likeness (QED) is 0.762. The van der Waals surface area contributed by atoms with Crippen LogP contribution in [-0.4, -0.2) is 9.55 Å². The summed E-state index contributed by atoms with van der Waals surface area (Å²) in [5.74, 6) is 0.889. The van der Waals surface area contributed by atoms with E-state index >= 15 is 0 Å². The zero-order valence-electron chi connectivity index (χ0n) is 14.2. The van der Waals surface area contributed by atoms with Gasteiger partial charge in [0.1, 0.15) is 0 Å². The van der Waals surface area contributed by atoms with E-state index in [4.69, 9.17) is 0 Å². The third kappa shape index (κ3) is 3.29. The predicted molar refractivity (Wildman–Crippen MR) is 96.6 cm³/mol. The van der Waals surface area contributed by atoms with E-state index in [1.54, 1.807) is 0 Å². The van der Waals surface area contributed by atoms with Gasteiger partial charge in [-0.25, -0.2) is 4.98 Å². The van der Waals surface area contributed by atoms with Crippen LogP contribution in [0.25, 0.3) is 11.3 Å². The van der Waals surface area contributed by atoms with Crippen molar-refractivity contribution in [1.29, 1.82) is 0 Å². The number of nitrogens with zero attached hydrogens (tertiary/aromatic N) is 2. The van der Waals surface area contributed by atoms with E-state index in [0.29, 0.717) is 0 Å². The Balaban J connectivity index is 1.80. The van der Waals surface area contributed by atoms with E-state index in [-0.39, 0.29) is 0 Å². The molecule has 0 saturated carbocycles. The molecule has 0 spiro atoms. The Morgan fingerprint density at radius 1 is 1.00 bits per heavy atom. The summed E-state index contributed by atoms with van der Waals surface area (Å²) in [6, 6.07) is 15.1. The first kappa shape index (κ1) is 15.3. The fraction of sp³-hybridized carbons (Fsp3) is 0.250. The van der Waals surface area contributed by atoms with Crippen LogP contribution in [0.5, 0.6) is 0 Å². The van der Waals surface area contributed by atoms with Crippen LogP contribution in [0.2, 0.25) is 0 Å². The number of benzene rings is 2. The monoisotopic (exact) mass is 305 g/mol. The van der Waals surface area contributed by atoms with Gasteiger partial charge in [0.2, 0.25) is 5.95 Å². The number of aromatic nitrogens is 2. The Kier molecular flexibility index (Phi) is 4.20. The number of nitrogens with one attached hydrogen (secondary N) is 1. The van der Waals surface area contributed by atoms with Crippen LogP contribution in [0.15, 0.2) is 48.7 Å². The standard InChI is InChI=1S/C20H23N3/c1-14-6-5-7-17(10-14)12-21-20-22-13-19(23(20)4)18-9-8-15(2)16(3)11-18/h5-11,13H,12H2,1-4H3,(H,21,22). The molecule has 0 unspecified atom stereocenters. The minimum absolute atomic E-state index is 0.777. The average molecular weight is 305 g/mol. The van der Waals surface area contributed by atoms with E-state index in [9.17, 15) is 0 Å². The minimum Gasteiger partial charge on any atom is -0.352 e. The van der Waals surface area contributed by atoms with Gasteiger partial charge in [-0.2, -0.15) is 0 Å². The second-order valence-corrected chi connectivity index (χ2v) is 6.17. The van der Waals surface area contributed by atoms with Crippen molar-refractivity contribution in [2.45, 2.75) is 27.3 Å². The smallest absolute Gasteiger partial charge is 0.203 e. The number of imidazole rings is 1. The number of rotatable bonds is 4. The third-order valence-electron chi connectivity index (χ3n) is 4.32. The van der Waals surface area contributed by atoms with Crippen LogP contribution in [0, 0.1) is 20.8 Å². The molecule has 0 bridgehead atoms. The fourth-order valence-corrected chi connectivity index (χ4v) is 2.75. The lowest BCUT2D eigenvalue weighted by Gasteiger charge is -2.10. The molecule has 0 aliphatic rings. The molecule has 3 rings (SSSR count). The van der Waals surface area contributed by atoms with Crippen LogP contribution < -0.4 is 5.32 Å². The van der Waals surface area contributed by atoms with Crippen molar-refractivity contribution >= 4 is 5.95 Å². The van der Waals surface area contributed by atoms with Crippen molar-refractivity contribution in [3.8, 4) is 11.3 Å². The lowest BCUT2D eigenvalue weighted by atomic mass is 10.0. The normalized spacial score (nSPS) is 10.8. The van der Waals surface area contributed by atoms with Crippen molar-refractivity contribution in [3.63, 3.8) is 0 Å². The maximum atomic E-state index is 4.53. The molecular formula is C20H23N3. The molecule has 3 heteroatoms. The summed E-state index contributed by atoms with van der Waals surface area (Å²) in [4.78, 5) is 4.53. The molecule has 118 valence electrons. The lowest BCUT2D eigenvalue weighted by Crippen LogP contribution is -2.05. The largest absolute Gasteiger partial charge is 0.352 e. The van der Waals surface area contributed by atoms with Crippen LogP contribution in [0.4, 0.5) is 5.95 Å². The first-order valence-corrected chi connectivity index (χ1v) is 7.93. The Morgan fingerprint density at radius 3 is 2.57 bits per heavy atom. The predicted octanol–water partition coefficient (Wildman–Crippen LogP) is 4.62. The molecule has 1 heterocycles. The van der Waals surface area contributed by atoms with Gasteiger partial charge in [-0.1, -0.05) is 42.0 Å². The van der Waals surface area contributed by atoms with Gasteiger partial charge in [-0.3, -0.25) is 0 Å². The molecule has 0 atom stereocenters. The molecule has 0 radical (unpaired) electrons. The van der Waals surface area contributed by atoms with E-state index in [2.05, 4.69) is 85.2 Å². The second kappa shape index (κ2) is 6.29. The van der Waals surface area contributed by atoms with Crippen LogP contribution in [0.1, 0.15) is 22.3 Å². The zero-order chi connectivity index (χ0) is 16.4. The Hall–Kier alpha value is -2.55. The SMILES string of the molecule is Cc1cccc(CNc2ncc(-c3ccc(C)c(C)c3)n2C)c1. The Morgan fingerprint density at radius 2 is 1.83 bits per heavy atom. The average Bonchev–Trinajstić information content (AvgIpc) is 2.89. The first-order valence-electron chi connectivity index (χ1n) is 7.93. The zero-order valence-corrected chi connectivity index (χ0v) is 14.2. The molecule has 0 aliphatic heterocycles. The molecule has 0 aliphatic carbocycles. The molecule has 23 heavy (non-hydrogen) atoms. The summed E-state index contributed by atoms with van der Waals surface area (Å²) in [5, 5.41) is 3.42.